The molecule has 1 aromatic carbocycles. The van der Waals surface area contributed by atoms with E-state index in [1.807, 2.05) is 4.57 Å². The SMILES string of the molecule is COC(=O)CNP(=O)(OC[C@H]1C[C@@H](n2cnc3c(OC)nc(N)nc32)C1)Oc1ccc(Br)cc1. The molecule has 1 atom stereocenters. The van der Waals surface area contributed by atoms with Crippen LogP contribution in [0.4, 0.5) is 5.95 Å². The summed E-state index contributed by atoms with van der Waals surface area (Å²) in [6, 6.07) is 6.90. The van der Waals surface area contributed by atoms with Crippen molar-refractivity contribution < 1.29 is 27.9 Å². The van der Waals surface area contributed by atoms with E-state index in [0.717, 1.165) is 17.3 Å². The number of halogens is 1. The van der Waals surface area contributed by atoms with Crippen molar-refractivity contribution in [1.29, 1.82) is 0 Å². The van der Waals surface area contributed by atoms with Gasteiger partial charge in [0.25, 0.3) is 0 Å². The molecule has 34 heavy (non-hydrogen) atoms. The first-order valence-corrected chi connectivity index (χ1v) is 12.7. The zero-order chi connectivity index (χ0) is 24.3. The molecule has 0 amide bonds. The number of rotatable bonds is 10. The predicted molar refractivity (Wildman–Crippen MR) is 126 cm³/mol. The molecule has 0 bridgehead atoms. The molecule has 3 N–H and O–H groups in total. The minimum atomic E-state index is -3.83. The molecule has 1 fully saturated rings. The first kappa shape index (κ1) is 24.4. The molecule has 0 saturated heterocycles. The molecule has 0 spiro atoms. The molecule has 2 heterocycles. The highest BCUT2D eigenvalue weighted by atomic mass is 79.9. The van der Waals surface area contributed by atoms with Gasteiger partial charge in [0.1, 0.15) is 12.3 Å². The standard InChI is InChI=1S/C20H24BrN6O6P/c1-30-16(28)9-24-34(29,33-15-5-3-13(21)4-6-15)32-10-12-7-14(8-12)27-11-23-17-18(27)25-20(22)26-19(17)31-2/h3-6,11-12,14H,7-10H2,1-2H3,(H,24,29)(H2,22,25,26)/t12-,14+,34?. The summed E-state index contributed by atoms with van der Waals surface area (Å²) in [4.78, 5) is 24.2. The van der Waals surface area contributed by atoms with Crippen molar-refractivity contribution in [3.05, 3.63) is 35.1 Å². The molecular formula is C20H24BrN6O6P. The maximum atomic E-state index is 13.3. The van der Waals surface area contributed by atoms with Crippen LogP contribution in [0.25, 0.3) is 11.2 Å². The van der Waals surface area contributed by atoms with Gasteiger partial charge in [0.15, 0.2) is 11.2 Å². The van der Waals surface area contributed by atoms with Gasteiger partial charge in [0, 0.05) is 10.5 Å². The van der Waals surface area contributed by atoms with Crippen LogP contribution in [0.15, 0.2) is 35.1 Å². The number of carbonyl (C=O) groups excluding carboxylic acids is 1. The number of nitrogens with two attached hydrogens (primary N) is 1. The first-order chi connectivity index (χ1) is 16.3. The molecule has 12 nitrogen and oxygen atoms in total. The molecule has 1 aliphatic rings. The van der Waals surface area contributed by atoms with Crippen molar-refractivity contribution in [2.24, 2.45) is 5.92 Å². The van der Waals surface area contributed by atoms with Gasteiger partial charge >= 0.3 is 13.7 Å². The van der Waals surface area contributed by atoms with Gasteiger partial charge in [0.2, 0.25) is 11.8 Å². The molecule has 1 unspecified atom stereocenters. The molecule has 0 radical (unpaired) electrons. The Morgan fingerprint density at radius 1 is 1.26 bits per heavy atom. The minimum absolute atomic E-state index is 0.105. The molecule has 14 heteroatoms. The van der Waals surface area contributed by atoms with E-state index < -0.39 is 13.7 Å². The fourth-order valence-corrected chi connectivity index (χ4v) is 5.16. The maximum Gasteiger partial charge on any atom is 0.459 e. The maximum absolute atomic E-state index is 13.3. The lowest BCUT2D eigenvalue weighted by atomic mass is 9.81. The number of hydrogen-bond acceptors (Lipinski definition) is 10. The number of esters is 1. The van der Waals surface area contributed by atoms with E-state index >= 15 is 0 Å². The van der Waals surface area contributed by atoms with E-state index in [9.17, 15) is 9.36 Å². The van der Waals surface area contributed by atoms with Crippen LogP contribution >= 0.6 is 23.7 Å². The molecule has 1 aliphatic carbocycles. The second-order valence-electron chi connectivity index (χ2n) is 7.66. The number of nitrogen functional groups attached to an aromatic ring is 1. The summed E-state index contributed by atoms with van der Waals surface area (Å²) < 4.78 is 37.2. The Labute approximate surface area is 203 Å². The van der Waals surface area contributed by atoms with Crippen LogP contribution in [0, 0.1) is 5.92 Å². The molecule has 3 aromatic rings. The Hall–Kier alpha value is -2.73. The fourth-order valence-electron chi connectivity index (χ4n) is 3.56. The van der Waals surface area contributed by atoms with Gasteiger partial charge < -0.3 is 24.3 Å². The molecule has 1 saturated carbocycles. The van der Waals surface area contributed by atoms with Crippen LogP contribution in [0.2, 0.25) is 0 Å². The summed E-state index contributed by atoms with van der Waals surface area (Å²) in [6.45, 7) is -0.146. The van der Waals surface area contributed by atoms with E-state index in [4.69, 9.17) is 19.5 Å². The van der Waals surface area contributed by atoms with Crippen molar-refractivity contribution in [2.45, 2.75) is 18.9 Å². The van der Waals surface area contributed by atoms with Crippen molar-refractivity contribution >= 4 is 46.8 Å². The van der Waals surface area contributed by atoms with Crippen LogP contribution in [-0.2, 0) is 18.6 Å². The number of nitrogens with one attached hydrogen (secondary N) is 1. The van der Waals surface area contributed by atoms with E-state index in [1.54, 1.807) is 30.6 Å². The summed E-state index contributed by atoms with van der Waals surface area (Å²) in [7, 11) is -1.09. The Kier molecular flexibility index (Phi) is 7.36. The molecule has 0 aliphatic heterocycles. The van der Waals surface area contributed by atoms with Crippen molar-refractivity contribution in [3.63, 3.8) is 0 Å². The molecular weight excluding hydrogens is 531 g/mol. The Morgan fingerprint density at radius 2 is 2.00 bits per heavy atom. The van der Waals surface area contributed by atoms with Gasteiger partial charge in [-0.25, -0.2) is 14.6 Å². The number of carbonyl (C=O) groups is 1. The summed E-state index contributed by atoms with van der Waals surface area (Å²) in [5, 5.41) is 2.56. The van der Waals surface area contributed by atoms with E-state index in [2.05, 4.69) is 40.7 Å². The third-order valence-electron chi connectivity index (χ3n) is 5.37. The first-order valence-electron chi connectivity index (χ1n) is 10.4. The second kappa shape index (κ2) is 10.3. The Morgan fingerprint density at radius 3 is 2.68 bits per heavy atom. The number of aromatic nitrogens is 4. The molecule has 182 valence electrons. The predicted octanol–water partition coefficient (Wildman–Crippen LogP) is 3.10. The third kappa shape index (κ3) is 5.49. The zero-order valence-electron chi connectivity index (χ0n) is 18.5. The quantitative estimate of drug-likeness (QED) is 0.280. The van der Waals surface area contributed by atoms with Crippen LogP contribution in [0.5, 0.6) is 11.6 Å². The number of anilines is 1. The minimum Gasteiger partial charge on any atom is -0.479 e. The summed E-state index contributed by atoms with van der Waals surface area (Å²) in [5.41, 5.74) is 6.92. The van der Waals surface area contributed by atoms with Gasteiger partial charge in [-0.1, -0.05) is 15.9 Å². The van der Waals surface area contributed by atoms with Gasteiger partial charge in [-0.15, -0.1) is 0 Å². The average Bonchev–Trinajstić information content (AvgIpc) is 3.21. The lowest BCUT2D eigenvalue weighted by molar-refractivity contribution is -0.139. The van der Waals surface area contributed by atoms with Crippen molar-refractivity contribution in [3.8, 4) is 11.6 Å². The molecule has 4 rings (SSSR count). The third-order valence-corrected chi connectivity index (χ3v) is 7.38. The topological polar surface area (TPSA) is 153 Å². The van der Waals surface area contributed by atoms with Crippen LogP contribution in [0.3, 0.4) is 0 Å². The number of fused-ring (bicyclic) bond motifs is 1. The van der Waals surface area contributed by atoms with Gasteiger partial charge in [-0.3, -0.25) is 9.32 Å². The zero-order valence-corrected chi connectivity index (χ0v) is 21.0. The summed E-state index contributed by atoms with van der Waals surface area (Å²) in [5.74, 6) is 0.295. The van der Waals surface area contributed by atoms with Crippen molar-refractivity contribution in [2.75, 3.05) is 33.1 Å². The summed E-state index contributed by atoms with van der Waals surface area (Å²) >= 11 is 3.34. The highest BCUT2D eigenvalue weighted by molar-refractivity contribution is 9.10. The number of methoxy groups -OCH3 is 2. The lowest BCUT2D eigenvalue weighted by Gasteiger charge is -2.36. The number of imidazole rings is 1. The number of benzene rings is 1. The smallest absolute Gasteiger partial charge is 0.459 e. The van der Waals surface area contributed by atoms with E-state index in [1.165, 1.54) is 14.2 Å². The van der Waals surface area contributed by atoms with Gasteiger partial charge in [-0.2, -0.15) is 9.97 Å². The normalized spacial score (nSPS) is 19.3. The molecule has 2 aromatic heterocycles. The highest BCUT2D eigenvalue weighted by Crippen LogP contribution is 2.47. The summed E-state index contributed by atoms with van der Waals surface area (Å²) in [6.07, 6.45) is 3.17. The van der Waals surface area contributed by atoms with Crippen LogP contribution in [0.1, 0.15) is 18.9 Å². The van der Waals surface area contributed by atoms with Crippen LogP contribution in [-0.4, -0.2) is 52.9 Å². The van der Waals surface area contributed by atoms with Crippen LogP contribution < -0.4 is 20.1 Å². The lowest BCUT2D eigenvalue weighted by Crippen LogP contribution is -2.31. The Bertz CT molecular complexity index is 1220. The fraction of sp³-hybridized carbons (Fsp3) is 0.400. The van der Waals surface area contributed by atoms with E-state index in [-0.39, 0.29) is 31.1 Å². The Balaban J connectivity index is 1.39. The monoisotopic (exact) mass is 554 g/mol. The van der Waals surface area contributed by atoms with Gasteiger partial charge in [0.05, 0.1) is 27.2 Å². The van der Waals surface area contributed by atoms with Crippen molar-refractivity contribution in [1.82, 2.24) is 24.6 Å². The second-order valence-corrected chi connectivity index (χ2v) is 10.3. The number of nitrogens with zero attached hydrogens (tertiary/aromatic N) is 4. The highest BCUT2D eigenvalue weighted by Gasteiger charge is 2.36. The largest absolute Gasteiger partial charge is 0.479 e. The average molecular weight is 555 g/mol. The number of hydrogen-bond donors (Lipinski definition) is 2. The van der Waals surface area contributed by atoms with Gasteiger partial charge in [-0.05, 0) is 43.0 Å². The van der Waals surface area contributed by atoms with E-state index in [0.29, 0.717) is 22.8 Å². The number of ether oxygens (including phenoxy) is 2.